The van der Waals surface area contributed by atoms with Gasteiger partial charge in [0.2, 0.25) is 5.88 Å². The minimum Gasteiger partial charge on any atom is -0.481 e. The van der Waals surface area contributed by atoms with Crippen LogP contribution in [0, 0.1) is 0 Å². The van der Waals surface area contributed by atoms with Crippen molar-refractivity contribution in [3.8, 4) is 0 Å². The molecule has 0 aliphatic carbocycles. The minimum absolute atomic E-state index is 0.0842. The van der Waals surface area contributed by atoms with Crippen LogP contribution < -0.4 is 11.1 Å². The number of carboxylic acids is 1. The molecule has 0 saturated carbocycles. The predicted molar refractivity (Wildman–Crippen MR) is 116 cm³/mol. The van der Waals surface area contributed by atoms with Gasteiger partial charge in [0.15, 0.2) is 5.13 Å². The first kappa shape index (κ1) is 25.7. The molecule has 0 unspecified atom stereocenters. The summed E-state index contributed by atoms with van der Waals surface area (Å²) in [6.45, 7) is 0. The molecule has 2 aliphatic heterocycles. The van der Waals surface area contributed by atoms with E-state index in [1.54, 1.807) is 0 Å². The second-order valence-corrected chi connectivity index (χ2v) is 9.71. The Kier molecular flexibility index (Phi) is 7.67. The smallest absolute Gasteiger partial charge is 0.481 e. The second-order valence-electron chi connectivity index (χ2n) is 6.65. The number of carbonyl (C=O) groups is 4. The zero-order valence-electron chi connectivity index (χ0n) is 16.7. The summed E-state index contributed by atoms with van der Waals surface area (Å²) in [6, 6.07) is -1.16. The van der Waals surface area contributed by atoms with Crippen molar-refractivity contribution in [2.45, 2.75) is 24.0 Å². The summed E-state index contributed by atoms with van der Waals surface area (Å²) >= 11 is 2.33. The van der Waals surface area contributed by atoms with Crippen LogP contribution in [-0.2, 0) is 19.1 Å². The van der Waals surface area contributed by atoms with Crippen molar-refractivity contribution in [3.63, 3.8) is 0 Å². The van der Waals surface area contributed by atoms with Crippen LogP contribution in [0.2, 0.25) is 0 Å². The highest BCUT2D eigenvalue weighted by molar-refractivity contribution is 8.06. The van der Waals surface area contributed by atoms with Crippen molar-refractivity contribution in [1.82, 2.24) is 15.2 Å². The van der Waals surface area contributed by atoms with E-state index in [9.17, 15) is 32.3 Å². The maximum Gasteiger partial charge on any atom is 0.512 e. The van der Waals surface area contributed by atoms with Gasteiger partial charge in [0, 0.05) is 11.1 Å². The van der Waals surface area contributed by atoms with E-state index in [2.05, 4.69) is 15.0 Å². The average molecular weight is 541 g/mol. The number of thioether (sulfide) groups is 2. The first-order valence-corrected chi connectivity index (χ1v) is 12.0. The summed E-state index contributed by atoms with van der Waals surface area (Å²) < 4.78 is 42.4. The number of thiazole rings is 1. The minimum atomic E-state index is -4.53. The molecule has 3 rings (SSSR count). The molecule has 2 aliphatic rings. The number of nitrogen functional groups attached to an aromatic ring is 1. The normalized spacial score (nSPS) is 20.5. The molecule has 5 N–H and O–H groups in total. The first-order chi connectivity index (χ1) is 15.9. The number of rotatable bonds is 8. The van der Waals surface area contributed by atoms with E-state index in [0.29, 0.717) is 11.8 Å². The van der Waals surface area contributed by atoms with Gasteiger partial charge >= 0.3 is 18.3 Å². The molecule has 1 aromatic rings. The lowest BCUT2D eigenvalue weighted by atomic mass is 10.1. The van der Waals surface area contributed by atoms with E-state index in [0.717, 1.165) is 34.1 Å². The lowest BCUT2D eigenvalue weighted by Crippen LogP contribution is -2.70. The monoisotopic (exact) mass is 540 g/mol. The van der Waals surface area contributed by atoms with E-state index in [1.165, 1.54) is 5.38 Å². The lowest BCUT2D eigenvalue weighted by Gasteiger charge is -2.49. The van der Waals surface area contributed by atoms with Crippen LogP contribution in [0.5, 0.6) is 0 Å². The highest BCUT2D eigenvalue weighted by Gasteiger charge is 2.54. The Hall–Kier alpha value is -2.92. The van der Waals surface area contributed by atoms with Crippen LogP contribution in [-0.4, -0.2) is 73.1 Å². The number of nitrogens with two attached hydrogens (primary N) is 1. The molecule has 1 aromatic heterocycles. The van der Waals surface area contributed by atoms with Crippen molar-refractivity contribution in [2.75, 3.05) is 17.2 Å². The Morgan fingerprint density at radius 3 is 2.65 bits per heavy atom. The summed E-state index contributed by atoms with van der Waals surface area (Å²) in [4.78, 5) is 52.3. The molecular weight excluding hydrogens is 525 g/mol. The van der Waals surface area contributed by atoms with Crippen LogP contribution in [0.1, 0.15) is 12.1 Å². The number of hydrogen-bond donors (Lipinski definition) is 4. The number of nitrogens with one attached hydrogen (secondary N) is 1. The van der Waals surface area contributed by atoms with Gasteiger partial charge in [-0.3, -0.25) is 19.3 Å². The van der Waals surface area contributed by atoms with Crippen molar-refractivity contribution in [2.24, 2.45) is 0 Å². The molecule has 11 nitrogen and oxygen atoms in total. The third-order valence-corrected chi connectivity index (χ3v) is 7.57. The van der Waals surface area contributed by atoms with E-state index >= 15 is 0 Å². The summed E-state index contributed by atoms with van der Waals surface area (Å²) in [6.07, 6.45) is -5.75. The number of ether oxygens (including phenoxy) is 1. The molecule has 1 fully saturated rings. The standard InChI is InChI=1S/C17H15F3N4O7S3/c18-17(19,20)5-34-8-4-32-14-10(12(28)24(14)13(8)31-16(29)30)23-11(27)6(1-2-9(25)26)7-3-33-15(21)22-7/h1,3,10,14H,2,4-5H2,(H2,21,22)(H,23,27)(H,25,26)(H,29,30)/t10-,14+/m1/s1. The molecule has 0 bridgehead atoms. The topological polar surface area (TPSA) is 172 Å². The van der Waals surface area contributed by atoms with Gasteiger partial charge in [-0.1, -0.05) is 6.08 Å². The van der Waals surface area contributed by atoms with Gasteiger partial charge in [-0.15, -0.1) is 34.9 Å². The summed E-state index contributed by atoms with van der Waals surface area (Å²) in [5, 5.41) is 21.0. The Labute approximate surface area is 201 Å². The number of aromatic nitrogens is 1. The van der Waals surface area contributed by atoms with Crippen LogP contribution in [0.3, 0.4) is 0 Å². The number of carbonyl (C=O) groups excluding carboxylic acids is 2. The Morgan fingerprint density at radius 2 is 2.09 bits per heavy atom. The van der Waals surface area contributed by atoms with Crippen LogP contribution in [0.25, 0.3) is 5.57 Å². The molecule has 0 radical (unpaired) electrons. The number of β-lactam (4-membered cyclic amide) rings is 1. The van der Waals surface area contributed by atoms with E-state index < -0.39 is 59.6 Å². The number of halogens is 3. The van der Waals surface area contributed by atoms with E-state index in [-0.39, 0.29) is 27.1 Å². The highest BCUT2D eigenvalue weighted by Crippen LogP contribution is 2.44. The molecule has 0 aromatic carbocycles. The van der Waals surface area contributed by atoms with Crippen molar-refractivity contribution < 1.29 is 47.3 Å². The van der Waals surface area contributed by atoms with Gasteiger partial charge in [0.1, 0.15) is 11.4 Å². The third-order valence-electron chi connectivity index (χ3n) is 4.29. The van der Waals surface area contributed by atoms with E-state index in [1.807, 2.05) is 0 Å². The maximum absolute atomic E-state index is 12.8. The second kappa shape index (κ2) is 10.1. The van der Waals surface area contributed by atoms with Gasteiger partial charge < -0.3 is 26.0 Å². The quantitative estimate of drug-likeness (QED) is 0.216. The summed E-state index contributed by atoms with van der Waals surface area (Å²) in [7, 11) is 0. The molecule has 2 atom stereocenters. The third kappa shape index (κ3) is 5.95. The Balaban J connectivity index is 1.79. The fourth-order valence-electron chi connectivity index (χ4n) is 2.94. The van der Waals surface area contributed by atoms with Gasteiger partial charge in [0.25, 0.3) is 11.8 Å². The molecule has 34 heavy (non-hydrogen) atoms. The largest absolute Gasteiger partial charge is 0.512 e. The van der Waals surface area contributed by atoms with Gasteiger partial charge in [-0.05, 0) is 0 Å². The molecule has 17 heteroatoms. The van der Waals surface area contributed by atoms with Crippen molar-refractivity contribution in [1.29, 1.82) is 0 Å². The lowest BCUT2D eigenvalue weighted by molar-refractivity contribution is -0.148. The fraction of sp³-hybridized carbons (Fsp3) is 0.353. The van der Waals surface area contributed by atoms with Crippen LogP contribution >= 0.6 is 34.9 Å². The number of anilines is 1. The number of alkyl halides is 3. The summed E-state index contributed by atoms with van der Waals surface area (Å²) in [5.74, 6) is -4.78. The molecule has 2 amide bonds. The predicted octanol–water partition coefficient (Wildman–Crippen LogP) is 2.14. The van der Waals surface area contributed by atoms with Gasteiger partial charge in [-0.25, -0.2) is 9.78 Å². The van der Waals surface area contributed by atoms with Gasteiger partial charge in [-0.2, -0.15) is 13.2 Å². The Bertz CT molecular complexity index is 1090. The van der Waals surface area contributed by atoms with E-state index in [4.69, 9.17) is 15.9 Å². The molecule has 3 heterocycles. The number of fused-ring (bicyclic) bond motifs is 1. The zero-order valence-corrected chi connectivity index (χ0v) is 19.1. The highest BCUT2D eigenvalue weighted by atomic mass is 32.2. The summed E-state index contributed by atoms with van der Waals surface area (Å²) in [5.41, 5.74) is 5.53. The van der Waals surface area contributed by atoms with Crippen LogP contribution in [0.4, 0.5) is 23.1 Å². The first-order valence-electron chi connectivity index (χ1n) is 9.09. The molecule has 1 saturated heterocycles. The molecular formula is C17H15F3N4O7S3. The number of nitrogens with zero attached hydrogens (tertiary/aromatic N) is 2. The van der Waals surface area contributed by atoms with Gasteiger partial charge in [0.05, 0.1) is 28.3 Å². The van der Waals surface area contributed by atoms with Crippen molar-refractivity contribution in [3.05, 3.63) is 27.9 Å². The Morgan fingerprint density at radius 1 is 1.38 bits per heavy atom. The number of amides is 2. The average Bonchev–Trinajstić information content (AvgIpc) is 3.15. The van der Waals surface area contributed by atoms with Crippen LogP contribution in [0.15, 0.2) is 22.2 Å². The number of aliphatic carboxylic acids is 1. The SMILES string of the molecule is Nc1nc(C(=CCC(=O)O)C(=O)N[C@@H]2C(=O)N3C(OC(=O)O)=C(SCC(F)(F)F)CS[C@@H]23)cs1. The number of hydrogen-bond acceptors (Lipinski definition) is 10. The molecule has 184 valence electrons. The fourth-order valence-corrected chi connectivity index (χ4v) is 5.81. The number of carboxylic acid groups (broad SMARTS) is 2. The maximum atomic E-state index is 12.8. The molecule has 0 spiro atoms. The van der Waals surface area contributed by atoms with Crippen molar-refractivity contribution >= 4 is 69.5 Å². The zero-order chi connectivity index (χ0) is 25.2.